The van der Waals surface area contributed by atoms with Crippen LogP contribution in [-0.4, -0.2) is 16.0 Å². The van der Waals surface area contributed by atoms with Crippen molar-refractivity contribution in [2.45, 2.75) is 12.0 Å². The molecule has 1 aliphatic heterocycles. The molecule has 208 valence electrons. The Kier molecular flexibility index (Phi) is 5.81. The van der Waals surface area contributed by atoms with E-state index in [1.54, 1.807) is 11.3 Å². The van der Waals surface area contributed by atoms with Crippen LogP contribution >= 0.6 is 11.3 Å². The first-order valence-corrected chi connectivity index (χ1v) is 15.8. The van der Waals surface area contributed by atoms with E-state index in [4.69, 9.17) is 9.97 Å². The average Bonchev–Trinajstić information content (AvgIpc) is 3.64. The van der Waals surface area contributed by atoms with E-state index >= 15 is 0 Å². The summed E-state index contributed by atoms with van der Waals surface area (Å²) in [5.41, 5.74) is 9.27. The van der Waals surface area contributed by atoms with Crippen molar-refractivity contribution in [3.05, 3.63) is 157 Å². The number of benzene rings is 5. The molecule has 2 aliphatic rings. The van der Waals surface area contributed by atoms with Crippen LogP contribution in [0.5, 0.6) is 0 Å². The van der Waals surface area contributed by atoms with Gasteiger partial charge in [0.2, 0.25) is 0 Å². The lowest BCUT2D eigenvalue weighted by Crippen LogP contribution is -2.28. The zero-order valence-electron chi connectivity index (χ0n) is 23.8. The Morgan fingerprint density at radius 1 is 0.591 bits per heavy atom. The van der Waals surface area contributed by atoms with Crippen LogP contribution in [0.2, 0.25) is 0 Å². The SMILES string of the molecule is C1=CC2c3ccccc3N(c3cccc(-c4cccc(-c5nc(-c6ccccc6)c6c(n5)sc5ccccc56)c4)c3)C2C=C1. The maximum absolute atomic E-state index is 5.22. The first-order chi connectivity index (χ1) is 21.8. The van der Waals surface area contributed by atoms with Gasteiger partial charge < -0.3 is 4.90 Å². The summed E-state index contributed by atoms with van der Waals surface area (Å²) in [4.78, 5) is 13.9. The minimum Gasteiger partial charge on any atom is -0.333 e. The Morgan fingerprint density at radius 3 is 2.25 bits per heavy atom. The number of anilines is 2. The lowest BCUT2D eigenvalue weighted by molar-refractivity contribution is 0.745. The van der Waals surface area contributed by atoms with Gasteiger partial charge in [0.25, 0.3) is 0 Å². The van der Waals surface area contributed by atoms with Crippen molar-refractivity contribution < 1.29 is 0 Å². The van der Waals surface area contributed by atoms with Gasteiger partial charge in [-0.1, -0.05) is 121 Å². The molecule has 1 aliphatic carbocycles. The van der Waals surface area contributed by atoms with Crippen LogP contribution < -0.4 is 4.90 Å². The third-order valence-electron chi connectivity index (χ3n) is 8.82. The van der Waals surface area contributed by atoms with Crippen LogP contribution in [0.3, 0.4) is 0 Å². The van der Waals surface area contributed by atoms with E-state index in [1.807, 2.05) is 6.07 Å². The van der Waals surface area contributed by atoms with Gasteiger partial charge in [0.15, 0.2) is 5.82 Å². The van der Waals surface area contributed by atoms with Crippen LogP contribution in [-0.2, 0) is 0 Å². The second-order valence-electron chi connectivity index (χ2n) is 11.4. The number of hydrogen-bond acceptors (Lipinski definition) is 4. The minimum atomic E-state index is 0.275. The monoisotopic (exact) mass is 581 g/mol. The summed E-state index contributed by atoms with van der Waals surface area (Å²) in [7, 11) is 0. The topological polar surface area (TPSA) is 29.0 Å². The van der Waals surface area contributed by atoms with Gasteiger partial charge in [-0.25, -0.2) is 9.97 Å². The van der Waals surface area contributed by atoms with Crippen LogP contribution in [0.4, 0.5) is 11.4 Å². The Bertz CT molecular complexity index is 2260. The van der Waals surface area contributed by atoms with E-state index in [2.05, 4.69) is 151 Å². The molecule has 3 heterocycles. The molecule has 0 amide bonds. The van der Waals surface area contributed by atoms with E-state index < -0.39 is 0 Å². The summed E-state index contributed by atoms with van der Waals surface area (Å²) in [6.07, 6.45) is 8.99. The summed E-state index contributed by atoms with van der Waals surface area (Å²) in [5, 5.41) is 2.33. The van der Waals surface area contributed by atoms with Gasteiger partial charge in [0, 0.05) is 43.9 Å². The number of nitrogens with zero attached hydrogens (tertiary/aromatic N) is 3. The Labute approximate surface area is 260 Å². The molecule has 0 fully saturated rings. The molecule has 0 saturated heterocycles. The molecule has 0 spiro atoms. The molecule has 0 saturated carbocycles. The maximum atomic E-state index is 5.22. The minimum absolute atomic E-state index is 0.275. The van der Waals surface area contributed by atoms with E-state index in [0.717, 1.165) is 38.4 Å². The molecule has 0 N–H and O–H groups in total. The average molecular weight is 582 g/mol. The molecule has 44 heavy (non-hydrogen) atoms. The Balaban J connectivity index is 1.15. The maximum Gasteiger partial charge on any atom is 0.161 e. The summed E-state index contributed by atoms with van der Waals surface area (Å²) in [6, 6.07) is 45.6. The molecule has 2 atom stereocenters. The fourth-order valence-corrected chi connectivity index (χ4v) is 7.90. The molecular weight excluding hydrogens is 555 g/mol. The van der Waals surface area contributed by atoms with Gasteiger partial charge in [-0.3, -0.25) is 0 Å². The molecule has 2 unspecified atom stereocenters. The van der Waals surface area contributed by atoms with Gasteiger partial charge in [-0.05, 0) is 47.0 Å². The number of fused-ring (bicyclic) bond motifs is 6. The third-order valence-corrected chi connectivity index (χ3v) is 9.89. The summed E-state index contributed by atoms with van der Waals surface area (Å²) in [6.45, 7) is 0. The Morgan fingerprint density at radius 2 is 1.32 bits per heavy atom. The zero-order valence-corrected chi connectivity index (χ0v) is 24.7. The Hall–Kier alpha value is -5.32. The largest absolute Gasteiger partial charge is 0.333 e. The second-order valence-corrected chi connectivity index (χ2v) is 12.4. The standard InChI is InChI=1S/C40H27N3S/c1-2-12-26(13-3-1)38-37-33-20-6-9-23-36(33)44-40(37)42-39(41-38)29-16-10-14-27(24-29)28-15-11-17-30(25-28)43-34-21-7-4-18-31(34)32-19-5-8-22-35(32)43/h1-25,31,34H. The fourth-order valence-electron chi connectivity index (χ4n) is 6.82. The van der Waals surface area contributed by atoms with Crippen molar-refractivity contribution in [1.29, 1.82) is 0 Å². The lowest BCUT2D eigenvalue weighted by atomic mass is 9.91. The smallest absolute Gasteiger partial charge is 0.161 e. The fraction of sp³-hybridized carbons (Fsp3) is 0.0500. The molecule has 9 rings (SSSR count). The highest BCUT2D eigenvalue weighted by Gasteiger charge is 2.37. The quantitative estimate of drug-likeness (QED) is 0.207. The van der Waals surface area contributed by atoms with E-state index in [-0.39, 0.29) is 6.04 Å². The van der Waals surface area contributed by atoms with Crippen molar-refractivity contribution in [1.82, 2.24) is 9.97 Å². The predicted molar refractivity (Wildman–Crippen MR) is 185 cm³/mol. The van der Waals surface area contributed by atoms with Crippen LogP contribution in [0.15, 0.2) is 152 Å². The summed E-state index contributed by atoms with van der Waals surface area (Å²) < 4.78 is 1.23. The van der Waals surface area contributed by atoms with Crippen molar-refractivity contribution in [2.24, 2.45) is 0 Å². The molecule has 5 aromatic carbocycles. The van der Waals surface area contributed by atoms with Crippen LogP contribution in [0, 0.1) is 0 Å². The molecular formula is C40H27N3S. The summed E-state index contributed by atoms with van der Waals surface area (Å²) in [5.74, 6) is 1.11. The molecule has 2 aromatic heterocycles. The van der Waals surface area contributed by atoms with Gasteiger partial charge in [-0.2, -0.15) is 0 Å². The van der Waals surface area contributed by atoms with E-state index in [1.165, 1.54) is 32.6 Å². The number of thiophene rings is 1. The highest BCUT2D eigenvalue weighted by molar-refractivity contribution is 7.25. The number of aromatic nitrogens is 2. The summed E-state index contributed by atoms with van der Waals surface area (Å²) >= 11 is 1.73. The normalized spacial score (nSPS) is 16.9. The second kappa shape index (κ2) is 10.1. The molecule has 0 bridgehead atoms. The van der Waals surface area contributed by atoms with Crippen molar-refractivity contribution in [3.8, 4) is 33.8 Å². The van der Waals surface area contributed by atoms with Crippen molar-refractivity contribution >= 4 is 43.0 Å². The zero-order chi connectivity index (χ0) is 29.0. The van der Waals surface area contributed by atoms with E-state index in [9.17, 15) is 0 Å². The molecule has 4 heteroatoms. The number of para-hydroxylation sites is 1. The molecule has 7 aromatic rings. The highest BCUT2D eigenvalue weighted by Crippen LogP contribution is 2.48. The van der Waals surface area contributed by atoms with Gasteiger partial charge in [-0.15, -0.1) is 11.3 Å². The highest BCUT2D eigenvalue weighted by atomic mass is 32.1. The first-order valence-electron chi connectivity index (χ1n) is 15.0. The van der Waals surface area contributed by atoms with Gasteiger partial charge in [0.1, 0.15) is 4.83 Å². The van der Waals surface area contributed by atoms with Crippen LogP contribution in [0.1, 0.15) is 11.5 Å². The number of hydrogen-bond donors (Lipinski definition) is 0. The van der Waals surface area contributed by atoms with E-state index in [0.29, 0.717) is 5.92 Å². The number of rotatable bonds is 4. The third kappa shape index (κ3) is 4.03. The first kappa shape index (κ1) is 25.2. The lowest BCUT2D eigenvalue weighted by Gasteiger charge is -2.29. The van der Waals surface area contributed by atoms with Crippen molar-refractivity contribution in [2.75, 3.05) is 4.90 Å². The predicted octanol–water partition coefficient (Wildman–Crippen LogP) is 10.6. The molecule has 3 nitrogen and oxygen atoms in total. The molecule has 0 radical (unpaired) electrons. The van der Waals surface area contributed by atoms with Crippen LogP contribution in [0.25, 0.3) is 54.1 Å². The number of allylic oxidation sites excluding steroid dienone is 2. The van der Waals surface area contributed by atoms with Gasteiger partial charge in [0.05, 0.1) is 11.7 Å². The van der Waals surface area contributed by atoms with Crippen molar-refractivity contribution in [3.63, 3.8) is 0 Å². The van der Waals surface area contributed by atoms with Gasteiger partial charge >= 0.3 is 0 Å².